The molecule has 6 heteroatoms. The highest BCUT2D eigenvalue weighted by Crippen LogP contribution is 2.45. The predicted molar refractivity (Wildman–Crippen MR) is 93.4 cm³/mol. The molecule has 0 radical (unpaired) electrons. The van der Waals surface area contributed by atoms with E-state index in [2.05, 4.69) is 10.6 Å². The van der Waals surface area contributed by atoms with E-state index in [1.54, 1.807) is 11.3 Å². The van der Waals surface area contributed by atoms with Gasteiger partial charge in [-0.05, 0) is 35.2 Å². The van der Waals surface area contributed by atoms with Crippen LogP contribution in [0.3, 0.4) is 0 Å². The van der Waals surface area contributed by atoms with Crippen LogP contribution < -0.4 is 10.6 Å². The second-order valence-electron chi connectivity index (χ2n) is 6.42. The number of nitriles is 1. The molecule has 1 aromatic carbocycles. The minimum Gasteiger partial charge on any atom is -0.344 e. The van der Waals surface area contributed by atoms with Crippen molar-refractivity contribution in [3.05, 3.63) is 35.2 Å². The Labute approximate surface area is 144 Å². The molecule has 1 unspecified atom stereocenters. The lowest BCUT2D eigenvalue weighted by Crippen LogP contribution is -2.49. The van der Waals surface area contributed by atoms with E-state index in [-0.39, 0.29) is 23.8 Å². The molecule has 1 aliphatic carbocycles. The van der Waals surface area contributed by atoms with Crippen LogP contribution in [0.15, 0.2) is 29.6 Å². The van der Waals surface area contributed by atoms with Gasteiger partial charge in [0.05, 0.1) is 6.07 Å². The summed E-state index contributed by atoms with van der Waals surface area (Å²) in [6.45, 7) is 1.85. The normalized spacial score (nSPS) is 16.2. The molecule has 2 N–H and O–H groups in total. The number of hydrogen-bond acceptors (Lipinski definition) is 4. The molecule has 1 aliphatic rings. The standard InChI is InChI=1S/C18H19N3O2S/c1-18(6-7-18)17(23)21-14(16(22)20-9-8-19)10-12-11-24-15-5-3-2-4-13(12)15/h2-5,11,14H,6-7,9-10H2,1H3,(H,20,22)(H,21,23). The highest BCUT2D eigenvalue weighted by Gasteiger charge is 2.45. The summed E-state index contributed by atoms with van der Waals surface area (Å²) in [5, 5.41) is 17.2. The number of carbonyl (C=O) groups is 2. The fourth-order valence-electron chi connectivity index (χ4n) is 2.62. The van der Waals surface area contributed by atoms with E-state index in [0.717, 1.165) is 28.5 Å². The summed E-state index contributed by atoms with van der Waals surface area (Å²) in [7, 11) is 0. The maximum absolute atomic E-state index is 12.4. The summed E-state index contributed by atoms with van der Waals surface area (Å²) in [4.78, 5) is 24.7. The van der Waals surface area contributed by atoms with Gasteiger partial charge in [-0.25, -0.2) is 0 Å². The summed E-state index contributed by atoms with van der Waals surface area (Å²) in [6.07, 6.45) is 2.13. The highest BCUT2D eigenvalue weighted by molar-refractivity contribution is 7.17. The second-order valence-corrected chi connectivity index (χ2v) is 7.34. The molecule has 0 bridgehead atoms. The Hall–Kier alpha value is -2.39. The molecular formula is C18H19N3O2S. The number of hydrogen-bond donors (Lipinski definition) is 2. The largest absolute Gasteiger partial charge is 0.344 e. The van der Waals surface area contributed by atoms with Gasteiger partial charge in [-0.3, -0.25) is 9.59 Å². The van der Waals surface area contributed by atoms with Crippen molar-refractivity contribution >= 4 is 33.2 Å². The average molecular weight is 341 g/mol. The van der Waals surface area contributed by atoms with Crippen LogP contribution in [0, 0.1) is 16.7 Å². The van der Waals surface area contributed by atoms with Gasteiger partial charge in [-0.15, -0.1) is 11.3 Å². The predicted octanol–water partition coefficient (Wildman–Crippen LogP) is 2.37. The minimum absolute atomic E-state index is 0.0626. The molecule has 0 saturated heterocycles. The molecule has 1 aromatic heterocycles. The van der Waals surface area contributed by atoms with Crippen molar-refractivity contribution in [2.75, 3.05) is 6.54 Å². The molecule has 0 aliphatic heterocycles. The highest BCUT2D eigenvalue weighted by atomic mass is 32.1. The fourth-order valence-corrected chi connectivity index (χ4v) is 3.59. The topological polar surface area (TPSA) is 82.0 Å². The number of thiophene rings is 1. The van der Waals surface area contributed by atoms with Crippen molar-refractivity contribution in [1.82, 2.24) is 10.6 Å². The molecule has 24 heavy (non-hydrogen) atoms. The Kier molecular flexibility index (Phi) is 4.54. The van der Waals surface area contributed by atoms with Crippen molar-refractivity contribution in [2.45, 2.75) is 32.2 Å². The number of rotatable bonds is 6. The zero-order valence-corrected chi connectivity index (χ0v) is 14.3. The lowest BCUT2D eigenvalue weighted by Gasteiger charge is -2.20. The van der Waals surface area contributed by atoms with E-state index in [1.807, 2.05) is 42.6 Å². The molecule has 1 fully saturated rings. The zero-order chi connectivity index (χ0) is 17.2. The first kappa shape index (κ1) is 16.5. The van der Waals surface area contributed by atoms with Gasteiger partial charge >= 0.3 is 0 Å². The van der Waals surface area contributed by atoms with E-state index >= 15 is 0 Å². The van der Waals surface area contributed by atoms with Gasteiger partial charge < -0.3 is 10.6 Å². The average Bonchev–Trinajstić information content (AvgIpc) is 3.22. The number of nitrogens with one attached hydrogen (secondary N) is 2. The molecular weight excluding hydrogens is 322 g/mol. The molecule has 2 amide bonds. The number of nitrogens with zero attached hydrogens (tertiary/aromatic N) is 1. The van der Waals surface area contributed by atoms with E-state index in [1.165, 1.54) is 0 Å². The van der Waals surface area contributed by atoms with Crippen LogP contribution in [0.5, 0.6) is 0 Å². The van der Waals surface area contributed by atoms with Crippen LogP contribution in [0.2, 0.25) is 0 Å². The Morgan fingerprint density at radius 3 is 2.83 bits per heavy atom. The number of benzene rings is 1. The van der Waals surface area contributed by atoms with Crippen LogP contribution in [0.25, 0.3) is 10.1 Å². The lowest BCUT2D eigenvalue weighted by atomic mass is 10.0. The lowest BCUT2D eigenvalue weighted by molar-refractivity contribution is -0.131. The Morgan fingerprint density at radius 1 is 1.38 bits per heavy atom. The van der Waals surface area contributed by atoms with Gasteiger partial charge in [-0.1, -0.05) is 25.1 Å². The smallest absolute Gasteiger partial charge is 0.243 e. The first-order valence-electron chi connectivity index (χ1n) is 7.94. The van der Waals surface area contributed by atoms with Gasteiger partial charge in [0.1, 0.15) is 12.6 Å². The van der Waals surface area contributed by atoms with Crippen molar-refractivity contribution < 1.29 is 9.59 Å². The minimum atomic E-state index is -0.665. The van der Waals surface area contributed by atoms with E-state index in [4.69, 9.17) is 5.26 Å². The zero-order valence-electron chi connectivity index (χ0n) is 13.5. The third-order valence-electron chi connectivity index (χ3n) is 4.50. The molecule has 1 heterocycles. The Bertz CT molecular complexity index is 817. The Balaban J connectivity index is 1.79. The van der Waals surface area contributed by atoms with Crippen molar-refractivity contribution in [3.8, 4) is 6.07 Å². The first-order chi connectivity index (χ1) is 11.5. The van der Waals surface area contributed by atoms with Crippen LogP contribution in [0.1, 0.15) is 25.3 Å². The van der Waals surface area contributed by atoms with E-state index < -0.39 is 6.04 Å². The number of carbonyl (C=O) groups excluding carboxylic acids is 2. The number of fused-ring (bicyclic) bond motifs is 1. The van der Waals surface area contributed by atoms with Gasteiger partial charge in [0, 0.05) is 16.5 Å². The number of amides is 2. The van der Waals surface area contributed by atoms with Crippen molar-refractivity contribution in [2.24, 2.45) is 5.41 Å². The third-order valence-corrected chi connectivity index (χ3v) is 5.51. The molecule has 3 rings (SSSR count). The van der Waals surface area contributed by atoms with Gasteiger partial charge in [0.15, 0.2) is 0 Å². The summed E-state index contributed by atoms with van der Waals surface area (Å²) in [5.74, 6) is -0.399. The van der Waals surface area contributed by atoms with Crippen LogP contribution >= 0.6 is 11.3 Å². The van der Waals surface area contributed by atoms with E-state index in [0.29, 0.717) is 6.42 Å². The third kappa shape index (κ3) is 3.41. The summed E-state index contributed by atoms with van der Waals surface area (Å²) in [5.41, 5.74) is 0.693. The van der Waals surface area contributed by atoms with Crippen LogP contribution in [-0.4, -0.2) is 24.4 Å². The summed E-state index contributed by atoms with van der Waals surface area (Å²) >= 11 is 1.63. The van der Waals surface area contributed by atoms with Gasteiger partial charge in [-0.2, -0.15) is 5.26 Å². The van der Waals surface area contributed by atoms with Crippen molar-refractivity contribution in [1.29, 1.82) is 5.26 Å². The molecule has 5 nitrogen and oxygen atoms in total. The molecule has 124 valence electrons. The fraction of sp³-hybridized carbons (Fsp3) is 0.389. The molecule has 0 spiro atoms. The molecule has 1 saturated carbocycles. The second kappa shape index (κ2) is 6.62. The first-order valence-corrected chi connectivity index (χ1v) is 8.82. The summed E-state index contributed by atoms with van der Waals surface area (Å²) in [6, 6.07) is 9.24. The van der Waals surface area contributed by atoms with Gasteiger partial charge in [0.2, 0.25) is 11.8 Å². The van der Waals surface area contributed by atoms with Gasteiger partial charge in [0.25, 0.3) is 0 Å². The molecule has 2 aromatic rings. The Morgan fingerprint density at radius 2 is 2.12 bits per heavy atom. The van der Waals surface area contributed by atoms with Crippen molar-refractivity contribution in [3.63, 3.8) is 0 Å². The maximum Gasteiger partial charge on any atom is 0.243 e. The SMILES string of the molecule is CC1(C(=O)NC(Cc2csc3ccccc23)C(=O)NCC#N)CC1. The van der Waals surface area contributed by atoms with E-state index in [9.17, 15) is 9.59 Å². The quantitative estimate of drug-likeness (QED) is 0.792. The molecule has 1 atom stereocenters. The maximum atomic E-state index is 12.4. The monoisotopic (exact) mass is 341 g/mol. The van der Waals surface area contributed by atoms with Crippen LogP contribution in [-0.2, 0) is 16.0 Å². The summed E-state index contributed by atoms with van der Waals surface area (Å²) < 4.78 is 1.16. The van der Waals surface area contributed by atoms with Crippen LogP contribution in [0.4, 0.5) is 0 Å².